The van der Waals surface area contributed by atoms with Crippen LogP contribution >= 0.6 is 0 Å². The Morgan fingerprint density at radius 3 is 2.61 bits per heavy atom. The zero-order valence-corrected chi connectivity index (χ0v) is 19.0. The first kappa shape index (κ1) is 22.9. The SMILES string of the molecule is COCC(=O)Nc1cc(C(=O)N(C)C2CCCCC2)c2c(c1)ncn2Cc1ccc(F)cc1. The van der Waals surface area contributed by atoms with Gasteiger partial charge in [-0.05, 0) is 42.7 Å². The summed E-state index contributed by atoms with van der Waals surface area (Å²) in [5, 5.41) is 2.79. The molecule has 1 heterocycles. The van der Waals surface area contributed by atoms with Gasteiger partial charge in [-0.3, -0.25) is 9.59 Å². The zero-order valence-electron chi connectivity index (χ0n) is 19.0. The second-order valence-corrected chi connectivity index (χ2v) is 8.58. The lowest BCUT2D eigenvalue weighted by atomic mass is 9.94. The molecule has 1 fully saturated rings. The maximum Gasteiger partial charge on any atom is 0.256 e. The van der Waals surface area contributed by atoms with Gasteiger partial charge in [0.1, 0.15) is 12.4 Å². The number of amides is 2. The van der Waals surface area contributed by atoms with E-state index >= 15 is 0 Å². The van der Waals surface area contributed by atoms with Gasteiger partial charge in [-0.25, -0.2) is 9.37 Å². The lowest BCUT2D eigenvalue weighted by Crippen LogP contribution is -2.38. The summed E-state index contributed by atoms with van der Waals surface area (Å²) < 4.78 is 20.1. The number of hydrogen-bond donors (Lipinski definition) is 1. The number of methoxy groups -OCH3 is 1. The number of nitrogens with zero attached hydrogens (tertiary/aromatic N) is 3. The molecule has 0 spiro atoms. The minimum Gasteiger partial charge on any atom is -0.375 e. The van der Waals surface area contributed by atoms with Crippen LogP contribution in [-0.2, 0) is 16.1 Å². The van der Waals surface area contributed by atoms with Crippen molar-refractivity contribution in [2.75, 3.05) is 26.1 Å². The molecule has 0 atom stereocenters. The normalized spacial score (nSPS) is 14.4. The molecule has 4 rings (SSSR count). The van der Waals surface area contributed by atoms with E-state index in [1.165, 1.54) is 25.7 Å². The van der Waals surface area contributed by atoms with Gasteiger partial charge in [0.2, 0.25) is 5.91 Å². The van der Waals surface area contributed by atoms with Crippen LogP contribution in [0.25, 0.3) is 11.0 Å². The third-order valence-corrected chi connectivity index (χ3v) is 6.21. The van der Waals surface area contributed by atoms with Crippen LogP contribution in [0.5, 0.6) is 0 Å². The number of ether oxygens (including phenoxy) is 1. The summed E-state index contributed by atoms with van der Waals surface area (Å²) in [6, 6.07) is 9.93. The Balaban J connectivity index is 1.73. The maximum atomic E-state index is 13.7. The number of rotatable bonds is 7. The van der Waals surface area contributed by atoms with Crippen molar-refractivity contribution in [2.24, 2.45) is 0 Å². The van der Waals surface area contributed by atoms with E-state index in [4.69, 9.17) is 4.74 Å². The van der Waals surface area contributed by atoms with Crippen molar-refractivity contribution < 1.29 is 18.7 Å². The van der Waals surface area contributed by atoms with Gasteiger partial charge in [-0.15, -0.1) is 0 Å². The number of nitrogens with one attached hydrogen (secondary N) is 1. The molecule has 7 nitrogen and oxygen atoms in total. The average molecular weight is 453 g/mol. The predicted molar refractivity (Wildman–Crippen MR) is 125 cm³/mol. The summed E-state index contributed by atoms with van der Waals surface area (Å²) in [4.78, 5) is 32.1. The Kier molecular flexibility index (Phi) is 7.03. The van der Waals surface area contributed by atoms with E-state index in [1.807, 2.05) is 16.5 Å². The van der Waals surface area contributed by atoms with Crippen LogP contribution in [-0.4, -0.2) is 53.1 Å². The molecular weight excluding hydrogens is 423 g/mol. The van der Waals surface area contributed by atoms with Gasteiger partial charge in [-0.1, -0.05) is 31.4 Å². The second kappa shape index (κ2) is 10.1. The molecule has 0 aliphatic heterocycles. The first-order chi connectivity index (χ1) is 16.0. The number of carbonyl (C=O) groups is 2. The fourth-order valence-electron chi connectivity index (χ4n) is 4.50. The molecule has 1 aliphatic carbocycles. The minimum atomic E-state index is -0.304. The lowest BCUT2D eigenvalue weighted by Gasteiger charge is -2.31. The molecular formula is C25H29FN4O3. The number of benzene rings is 2. The molecule has 1 aromatic heterocycles. The van der Waals surface area contributed by atoms with Gasteiger partial charge in [0.25, 0.3) is 5.91 Å². The van der Waals surface area contributed by atoms with Crippen molar-refractivity contribution in [2.45, 2.75) is 44.7 Å². The molecule has 2 aromatic carbocycles. The second-order valence-electron chi connectivity index (χ2n) is 8.58. The predicted octanol–water partition coefficient (Wildman–Crippen LogP) is 4.21. The van der Waals surface area contributed by atoms with Gasteiger partial charge in [0, 0.05) is 32.4 Å². The summed E-state index contributed by atoms with van der Waals surface area (Å²) in [7, 11) is 3.30. The van der Waals surface area contributed by atoms with Gasteiger partial charge < -0.3 is 19.5 Å². The zero-order chi connectivity index (χ0) is 23.4. The molecule has 1 N–H and O–H groups in total. The molecule has 0 unspecified atom stereocenters. The Labute approximate surface area is 192 Å². The van der Waals surface area contributed by atoms with E-state index in [1.54, 1.807) is 30.6 Å². The van der Waals surface area contributed by atoms with E-state index in [2.05, 4.69) is 10.3 Å². The van der Waals surface area contributed by atoms with Crippen molar-refractivity contribution >= 4 is 28.5 Å². The summed E-state index contributed by atoms with van der Waals surface area (Å²) in [5.74, 6) is -0.701. The monoisotopic (exact) mass is 452 g/mol. The minimum absolute atomic E-state index is 0.0811. The standard InChI is InChI=1S/C25H29FN4O3/c1-29(20-6-4-3-5-7-20)25(32)21-12-19(28-23(31)15-33-2)13-22-24(21)30(16-27-22)14-17-8-10-18(26)11-9-17/h8-13,16,20H,3-7,14-15H2,1-2H3,(H,28,31). The molecule has 8 heteroatoms. The van der Waals surface area contributed by atoms with Gasteiger partial charge >= 0.3 is 0 Å². The Morgan fingerprint density at radius 1 is 1.18 bits per heavy atom. The Bertz CT molecular complexity index is 1140. The molecule has 0 saturated heterocycles. The van der Waals surface area contributed by atoms with E-state index < -0.39 is 0 Å². The fourth-order valence-corrected chi connectivity index (χ4v) is 4.50. The summed E-state index contributed by atoms with van der Waals surface area (Å²) in [5.41, 5.74) is 3.17. The van der Waals surface area contributed by atoms with Crippen LogP contribution in [0.1, 0.15) is 48.0 Å². The van der Waals surface area contributed by atoms with Crippen LogP contribution in [0.3, 0.4) is 0 Å². The van der Waals surface area contributed by atoms with Gasteiger partial charge in [-0.2, -0.15) is 0 Å². The highest BCUT2D eigenvalue weighted by molar-refractivity contribution is 6.07. The van der Waals surface area contributed by atoms with Gasteiger partial charge in [0.05, 0.1) is 22.9 Å². The number of imidazole rings is 1. The third-order valence-electron chi connectivity index (χ3n) is 6.21. The average Bonchev–Trinajstić information content (AvgIpc) is 3.22. The topological polar surface area (TPSA) is 76.5 Å². The fraction of sp³-hybridized carbons (Fsp3) is 0.400. The van der Waals surface area contributed by atoms with Crippen LogP contribution in [0.2, 0.25) is 0 Å². The van der Waals surface area contributed by atoms with Crippen LogP contribution in [0, 0.1) is 5.82 Å². The first-order valence-electron chi connectivity index (χ1n) is 11.3. The molecule has 3 aromatic rings. The van der Waals surface area contributed by atoms with Crippen molar-refractivity contribution in [3.63, 3.8) is 0 Å². The highest BCUT2D eigenvalue weighted by Crippen LogP contribution is 2.28. The van der Waals surface area contributed by atoms with E-state index in [0.29, 0.717) is 28.8 Å². The molecule has 2 amide bonds. The van der Waals surface area contributed by atoms with Crippen molar-refractivity contribution in [1.29, 1.82) is 0 Å². The maximum absolute atomic E-state index is 13.7. The summed E-state index contributed by atoms with van der Waals surface area (Å²) >= 11 is 0. The Morgan fingerprint density at radius 2 is 1.91 bits per heavy atom. The smallest absolute Gasteiger partial charge is 0.256 e. The van der Waals surface area contributed by atoms with Crippen LogP contribution < -0.4 is 5.32 Å². The highest BCUT2D eigenvalue weighted by Gasteiger charge is 2.26. The Hall–Kier alpha value is -3.26. The number of anilines is 1. The van der Waals surface area contributed by atoms with Crippen molar-refractivity contribution in [3.8, 4) is 0 Å². The number of halogens is 1. The summed E-state index contributed by atoms with van der Waals surface area (Å²) in [6.07, 6.45) is 7.09. The third kappa shape index (κ3) is 5.22. The molecule has 0 radical (unpaired) electrons. The number of aromatic nitrogens is 2. The van der Waals surface area contributed by atoms with E-state index in [0.717, 1.165) is 31.2 Å². The molecule has 174 valence electrons. The van der Waals surface area contributed by atoms with Crippen LogP contribution in [0.15, 0.2) is 42.7 Å². The van der Waals surface area contributed by atoms with E-state index in [-0.39, 0.29) is 30.3 Å². The van der Waals surface area contributed by atoms with E-state index in [9.17, 15) is 14.0 Å². The number of hydrogen-bond acceptors (Lipinski definition) is 4. The number of fused-ring (bicyclic) bond motifs is 1. The lowest BCUT2D eigenvalue weighted by molar-refractivity contribution is -0.119. The number of carbonyl (C=O) groups excluding carboxylic acids is 2. The van der Waals surface area contributed by atoms with Crippen molar-refractivity contribution in [3.05, 3.63) is 59.7 Å². The summed E-state index contributed by atoms with van der Waals surface area (Å²) in [6.45, 7) is 0.363. The van der Waals surface area contributed by atoms with Gasteiger partial charge in [0.15, 0.2) is 0 Å². The molecule has 1 saturated carbocycles. The molecule has 33 heavy (non-hydrogen) atoms. The quantitative estimate of drug-likeness (QED) is 0.583. The van der Waals surface area contributed by atoms with Crippen molar-refractivity contribution in [1.82, 2.24) is 14.5 Å². The highest BCUT2D eigenvalue weighted by atomic mass is 19.1. The molecule has 0 bridgehead atoms. The van der Waals surface area contributed by atoms with Crippen LogP contribution in [0.4, 0.5) is 10.1 Å². The largest absolute Gasteiger partial charge is 0.375 e. The first-order valence-corrected chi connectivity index (χ1v) is 11.3. The molecule has 1 aliphatic rings.